The molecule has 2 amide bonds. The van der Waals surface area contributed by atoms with E-state index in [1.54, 1.807) is 48.5 Å². The van der Waals surface area contributed by atoms with Crippen LogP contribution in [0.5, 0.6) is 5.75 Å². The molecule has 4 aliphatic rings. The molecule has 6 heteroatoms. The van der Waals surface area contributed by atoms with Crippen molar-refractivity contribution in [2.75, 3.05) is 0 Å². The van der Waals surface area contributed by atoms with E-state index in [-0.39, 0.29) is 23.1 Å². The van der Waals surface area contributed by atoms with Crippen LogP contribution in [-0.2, 0) is 0 Å². The Labute approximate surface area is 181 Å². The van der Waals surface area contributed by atoms with Gasteiger partial charge in [0.15, 0.2) is 0 Å². The van der Waals surface area contributed by atoms with Crippen LogP contribution in [0.25, 0.3) is 0 Å². The van der Waals surface area contributed by atoms with Gasteiger partial charge in [0.25, 0.3) is 11.8 Å². The van der Waals surface area contributed by atoms with E-state index in [4.69, 9.17) is 0 Å². The molecule has 31 heavy (non-hydrogen) atoms. The second-order valence-electron chi connectivity index (χ2n) is 9.49. The van der Waals surface area contributed by atoms with Crippen LogP contribution in [0.3, 0.4) is 0 Å². The standard InChI is InChI=1S/C25H27N3O3/c29-22-4-2-1-3-21(22)15-26-28-24(31)20-7-5-19(6-8-20)23(30)27-25-12-16-9-17(13-25)11-18(10-16)14-25/h1-8,15-18,29H,9-14H2,(H,27,30)(H,28,31)/b26-15+. The van der Waals surface area contributed by atoms with Crippen LogP contribution >= 0.6 is 0 Å². The Morgan fingerprint density at radius 2 is 1.42 bits per heavy atom. The van der Waals surface area contributed by atoms with Gasteiger partial charge in [-0.05, 0) is 92.7 Å². The lowest BCUT2D eigenvalue weighted by atomic mass is 9.53. The van der Waals surface area contributed by atoms with E-state index >= 15 is 0 Å². The summed E-state index contributed by atoms with van der Waals surface area (Å²) < 4.78 is 0. The number of hydrogen-bond acceptors (Lipinski definition) is 4. The Balaban J connectivity index is 1.20. The zero-order valence-electron chi connectivity index (χ0n) is 17.4. The predicted octanol–water partition coefficient (Wildman–Crippen LogP) is 3.85. The molecule has 3 N–H and O–H groups in total. The van der Waals surface area contributed by atoms with Gasteiger partial charge < -0.3 is 10.4 Å². The summed E-state index contributed by atoms with van der Waals surface area (Å²) in [6.07, 6.45) is 8.74. The van der Waals surface area contributed by atoms with E-state index in [9.17, 15) is 14.7 Å². The Morgan fingerprint density at radius 1 is 0.871 bits per heavy atom. The zero-order valence-corrected chi connectivity index (χ0v) is 17.4. The minimum absolute atomic E-state index is 0.0282. The average molecular weight is 418 g/mol. The van der Waals surface area contributed by atoms with E-state index < -0.39 is 0 Å². The monoisotopic (exact) mass is 417 g/mol. The zero-order chi connectivity index (χ0) is 21.4. The minimum atomic E-state index is -0.375. The highest BCUT2D eigenvalue weighted by atomic mass is 16.3. The van der Waals surface area contributed by atoms with Gasteiger partial charge in [0.1, 0.15) is 5.75 Å². The summed E-state index contributed by atoms with van der Waals surface area (Å²) in [4.78, 5) is 25.2. The fourth-order valence-electron chi connectivity index (χ4n) is 6.17. The minimum Gasteiger partial charge on any atom is -0.507 e. The van der Waals surface area contributed by atoms with Crippen LogP contribution in [-0.4, -0.2) is 28.7 Å². The molecule has 0 unspecified atom stereocenters. The number of phenols is 1. The molecule has 6 rings (SSSR count). The molecule has 0 atom stereocenters. The fraction of sp³-hybridized carbons (Fsp3) is 0.400. The van der Waals surface area contributed by atoms with E-state index in [1.165, 1.54) is 25.5 Å². The van der Waals surface area contributed by atoms with Gasteiger partial charge in [-0.15, -0.1) is 0 Å². The summed E-state index contributed by atoms with van der Waals surface area (Å²) in [5.41, 5.74) is 3.92. The molecule has 6 nitrogen and oxygen atoms in total. The number of hydrazone groups is 1. The van der Waals surface area contributed by atoms with Crippen molar-refractivity contribution in [3.8, 4) is 5.75 Å². The van der Waals surface area contributed by atoms with E-state index in [1.807, 2.05) is 0 Å². The summed E-state index contributed by atoms with van der Waals surface area (Å²) in [5.74, 6) is 1.99. The summed E-state index contributed by atoms with van der Waals surface area (Å²) >= 11 is 0. The highest BCUT2D eigenvalue weighted by Gasteiger charge is 2.51. The molecule has 4 aliphatic carbocycles. The van der Waals surface area contributed by atoms with Gasteiger partial charge in [-0.25, -0.2) is 5.43 Å². The van der Waals surface area contributed by atoms with Gasteiger partial charge in [0, 0.05) is 22.2 Å². The maximum Gasteiger partial charge on any atom is 0.271 e. The summed E-state index contributed by atoms with van der Waals surface area (Å²) in [6, 6.07) is 13.4. The third-order valence-electron chi connectivity index (χ3n) is 7.13. The predicted molar refractivity (Wildman–Crippen MR) is 118 cm³/mol. The first kappa shape index (κ1) is 19.8. The van der Waals surface area contributed by atoms with Crippen molar-refractivity contribution in [3.05, 3.63) is 65.2 Å². The lowest BCUT2D eigenvalue weighted by Crippen LogP contribution is -2.59. The van der Waals surface area contributed by atoms with Crippen LogP contribution in [0.2, 0.25) is 0 Å². The van der Waals surface area contributed by atoms with Crippen molar-refractivity contribution in [3.63, 3.8) is 0 Å². The van der Waals surface area contributed by atoms with Gasteiger partial charge in [-0.1, -0.05) is 12.1 Å². The maximum atomic E-state index is 12.9. The molecule has 0 spiro atoms. The highest BCUT2D eigenvalue weighted by molar-refractivity contribution is 5.98. The fourth-order valence-corrected chi connectivity index (χ4v) is 6.17. The summed E-state index contributed by atoms with van der Waals surface area (Å²) in [5, 5.41) is 17.0. The highest BCUT2D eigenvalue weighted by Crippen LogP contribution is 2.55. The van der Waals surface area contributed by atoms with Gasteiger partial charge >= 0.3 is 0 Å². The van der Waals surface area contributed by atoms with Crippen LogP contribution in [0.4, 0.5) is 0 Å². The Bertz CT molecular complexity index is 993. The Kier molecular flexibility index (Phi) is 5.00. The summed E-state index contributed by atoms with van der Waals surface area (Å²) in [7, 11) is 0. The van der Waals surface area contributed by atoms with Crippen molar-refractivity contribution in [2.45, 2.75) is 44.1 Å². The Morgan fingerprint density at radius 3 is 2.00 bits per heavy atom. The van der Waals surface area contributed by atoms with Crippen LogP contribution < -0.4 is 10.7 Å². The first-order valence-corrected chi connectivity index (χ1v) is 11.0. The number of carbonyl (C=O) groups excluding carboxylic acids is 2. The van der Waals surface area contributed by atoms with Crippen molar-refractivity contribution >= 4 is 18.0 Å². The lowest BCUT2D eigenvalue weighted by Gasteiger charge is -2.56. The number of aromatic hydroxyl groups is 1. The summed E-state index contributed by atoms with van der Waals surface area (Å²) in [6.45, 7) is 0. The SMILES string of the molecule is O=C(N/N=C/c1ccccc1O)c1ccc(C(=O)NC23CC4CC(CC(C4)C2)C3)cc1. The van der Waals surface area contributed by atoms with E-state index in [0.29, 0.717) is 16.7 Å². The van der Waals surface area contributed by atoms with Gasteiger partial charge in [0.2, 0.25) is 0 Å². The molecule has 4 saturated carbocycles. The van der Waals surface area contributed by atoms with Crippen molar-refractivity contribution in [2.24, 2.45) is 22.9 Å². The number of para-hydroxylation sites is 1. The van der Waals surface area contributed by atoms with Gasteiger partial charge in [-0.2, -0.15) is 5.10 Å². The molecule has 0 radical (unpaired) electrons. The molecular formula is C25H27N3O3. The third kappa shape index (κ3) is 4.07. The number of amides is 2. The van der Waals surface area contributed by atoms with Crippen LogP contribution in [0.1, 0.15) is 64.8 Å². The normalized spacial score (nSPS) is 28.6. The van der Waals surface area contributed by atoms with Crippen LogP contribution in [0.15, 0.2) is 53.6 Å². The molecule has 4 fully saturated rings. The quantitative estimate of drug-likeness (QED) is 0.510. The number of nitrogens with zero attached hydrogens (tertiary/aromatic N) is 1. The number of carbonyl (C=O) groups is 2. The molecule has 2 aromatic rings. The second kappa shape index (κ2) is 7.84. The van der Waals surface area contributed by atoms with E-state index in [2.05, 4.69) is 15.8 Å². The molecular weight excluding hydrogens is 390 g/mol. The first-order valence-electron chi connectivity index (χ1n) is 11.0. The van der Waals surface area contributed by atoms with Gasteiger partial charge in [0.05, 0.1) is 6.21 Å². The second-order valence-corrected chi connectivity index (χ2v) is 9.49. The molecule has 0 aliphatic heterocycles. The largest absolute Gasteiger partial charge is 0.507 e. The molecule has 0 saturated heterocycles. The maximum absolute atomic E-state index is 12.9. The topological polar surface area (TPSA) is 90.8 Å². The number of nitrogens with one attached hydrogen (secondary N) is 2. The van der Waals surface area contributed by atoms with Crippen molar-refractivity contribution in [1.82, 2.24) is 10.7 Å². The average Bonchev–Trinajstić information content (AvgIpc) is 2.74. The van der Waals surface area contributed by atoms with E-state index in [0.717, 1.165) is 37.0 Å². The smallest absolute Gasteiger partial charge is 0.271 e. The lowest BCUT2D eigenvalue weighted by molar-refractivity contribution is -0.0167. The number of hydrogen-bond donors (Lipinski definition) is 3. The van der Waals surface area contributed by atoms with Crippen molar-refractivity contribution < 1.29 is 14.7 Å². The van der Waals surface area contributed by atoms with Gasteiger partial charge in [-0.3, -0.25) is 9.59 Å². The first-order chi connectivity index (χ1) is 15.0. The Hall–Kier alpha value is -3.15. The molecule has 2 aromatic carbocycles. The third-order valence-corrected chi connectivity index (χ3v) is 7.13. The molecule has 160 valence electrons. The molecule has 0 heterocycles. The molecule has 0 aromatic heterocycles. The van der Waals surface area contributed by atoms with Crippen LogP contribution in [0, 0.1) is 17.8 Å². The molecule has 4 bridgehead atoms. The number of benzene rings is 2. The van der Waals surface area contributed by atoms with Crippen molar-refractivity contribution in [1.29, 1.82) is 0 Å². The number of phenolic OH excluding ortho intramolecular Hbond substituents is 1. The number of rotatable bonds is 5.